The minimum Gasteiger partial charge on any atom is -0.482 e. The molecule has 1 aliphatic rings. The predicted octanol–water partition coefficient (Wildman–Crippen LogP) is 7.07. The van der Waals surface area contributed by atoms with Crippen molar-refractivity contribution in [3.05, 3.63) is 84.9 Å². The molecule has 0 amide bonds. The standard InChI is InChI=1S/C31H33O3S/c1-31(2,23-22-25-12-6-3-7-13-25)34-30(32)24-33-26-18-20-29(21-19-26)35(27-14-8-4-9-15-27)28-16-10-5-11-17-28/h4-5,8-11,14-21,25H,3,6-7,12-13,24H2,1-2H3/q+1. The first-order chi connectivity index (χ1) is 17.0. The van der Waals surface area contributed by atoms with Crippen LogP contribution in [0.25, 0.3) is 0 Å². The van der Waals surface area contributed by atoms with Crippen molar-refractivity contribution in [1.29, 1.82) is 0 Å². The van der Waals surface area contributed by atoms with E-state index in [2.05, 4.69) is 72.5 Å². The monoisotopic (exact) mass is 485 g/mol. The summed E-state index contributed by atoms with van der Waals surface area (Å²) >= 11 is 0. The van der Waals surface area contributed by atoms with Crippen molar-refractivity contribution in [3.63, 3.8) is 0 Å². The molecule has 3 aromatic rings. The highest BCUT2D eigenvalue weighted by Crippen LogP contribution is 2.32. The van der Waals surface area contributed by atoms with Crippen molar-refractivity contribution in [2.24, 2.45) is 5.92 Å². The number of carbonyl (C=O) groups is 1. The molecule has 3 nitrogen and oxygen atoms in total. The van der Waals surface area contributed by atoms with Crippen LogP contribution in [0.1, 0.15) is 46.0 Å². The zero-order valence-electron chi connectivity index (χ0n) is 20.5. The van der Waals surface area contributed by atoms with Gasteiger partial charge in [0.15, 0.2) is 26.9 Å². The van der Waals surface area contributed by atoms with E-state index in [4.69, 9.17) is 9.47 Å². The molecule has 0 spiro atoms. The van der Waals surface area contributed by atoms with E-state index >= 15 is 0 Å². The molecule has 0 heterocycles. The fraction of sp³-hybridized carbons (Fsp3) is 0.323. The molecular formula is C31H33O3S+. The second-order valence-electron chi connectivity index (χ2n) is 9.28. The second-order valence-corrected chi connectivity index (χ2v) is 11.3. The number of rotatable bonds is 7. The maximum Gasteiger partial charge on any atom is 0.345 e. The molecule has 4 rings (SSSR count). The lowest BCUT2D eigenvalue weighted by Crippen LogP contribution is -2.29. The van der Waals surface area contributed by atoms with E-state index in [1.54, 1.807) is 0 Å². The van der Waals surface area contributed by atoms with Crippen LogP contribution < -0.4 is 4.74 Å². The second kappa shape index (κ2) is 12.0. The molecule has 1 saturated carbocycles. The average Bonchev–Trinajstić information content (AvgIpc) is 2.89. The highest BCUT2D eigenvalue weighted by atomic mass is 32.2. The third-order valence-electron chi connectivity index (χ3n) is 5.93. The smallest absolute Gasteiger partial charge is 0.345 e. The number of hydrogen-bond donors (Lipinski definition) is 0. The molecule has 0 aliphatic heterocycles. The summed E-state index contributed by atoms with van der Waals surface area (Å²) in [5.41, 5.74) is -0.818. The summed E-state index contributed by atoms with van der Waals surface area (Å²) < 4.78 is 11.3. The minimum absolute atomic E-state index is 0.142. The maximum absolute atomic E-state index is 12.4. The lowest BCUT2D eigenvalue weighted by molar-refractivity contribution is -0.154. The largest absolute Gasteiger partial charge is 0.482 e. The molecule has 1 aliphatic carbocycles. The number of carbonyl (C=O) groups excluding carboxylic acids is 1. The SMILES string of the molecule is CC(C)(C#CC1CCCCC1)OC(=O)COc1ccc([S+](c2ccccc2)c2ccccc2)cc1. The maximum atomic E-state index is 12.4. The lowest BCUT2D eigenvalue weighted by atomic mass is 9.89. The first-order valence-corrected chi connectivity index (χ1v) is 13.5. The highest BCUT2D eigenvalue weighted by molar-refractivity contribution is 7.97. The molecule has 0 N–H and O–H groups in total. The van der Waals surface area contributed by atoms with Gasteiger partial charge in [0.25, 0.3) is 0 Å². The van der Waals surface area contributed by atoms with Gasteiger partial charge in [-0.05, 0) is 75.2 Å². The quantitative estimate of drug-likeness (QED) is 0.204. The number of hydrogen-bond acceptors (Lipinski definition) is 3. The molecule has 0 unspecified atom stereocenters. The van der Waals surface area contributed by atoms with Gasteiger partial charge < -0.3 is 9.47 Å². The van der Waals surface area contributed by atoms with Crippen molar-refractivity contribution in [1.82, 2.24) is 0 Å². The molecule has 35 heavy (non-hydrogen) atoms. The third kappa shape index (κ3) is 7.41. The van der Waals surface area contributed by atoms with Gasteiger partial charge in [-0.1, -0.05) is 67.5 Å². The Hall–Kier alpha value is -3.16. The van der Waals surface area contributed by atoms with Gasteiger partial charge in [-0.3, -0.25) is 0 Å². The van der Waals surface area contributed by atoms with Gasteiger partial charge in [-0.2, -0.15) is 0 Å². The Balaban J connectivity index is 1.37. The van der Waals surface area contributed by atoms with Crippen molar-refractivity contribution >= 4 is 16.9 Å². The normalized spacial score (nSPS) is 14.1. The van der Waals surface area contributed by atoms with E-state index in [-0.39, 0.29) is 17.5 Å². The van der Waals surface area contributed by atoms with Crippen LogP contribution in [0.5, 0.6) is 5.75 Å². The summed E-state index contributed by atoms with van der Waals surface area (Å²) in [6, 6.07) is 29.0. The molecule has 0 bridgehead atoms. The van der Waals surface area contributed by atoms with Gasteiger partial charge in [0, 0.05) is 5.92 Å². The van der Waals surface area contributed by atoms with Crippen molar-refractivity contribution in [2.75, 3.05) is 6.61 Å². The van der Waals surface area contributed by atoms with Gasteiger partial charge in [0.05, 0.1) is 10.9 Å². The zero-order chi connectivity index (χ0) is 24.5. The Kier molecular flexibility index (Phi) is 8.55. The zero-order valence-corrected chi connectivity index (χ0v) is 21.4. The van der Waals surface area contributed by atoms with E-state index in [0.717, 1.165) is 12.8 Å². The fourth-order valence-electron chi connectivity index (χ4n) is 4.20. The van der Waals surface area contributed by atoms with Crippen molar-refractivity contribution < 1.29 is 14.3 Å². The first-order valence-electron chi connectivity index (χ1n) is 12.3. The average molecular weight is 486 g/mol. The van der Waals surface area contributed by atoms with Crippen molar-refractivity contribution in [3.8, 4) is 17.6 Å². The van der Waals surface area contributed by atoms with Crippen LogP contribution in [0, 0.1) is 17.8 Å². The Bertz CT molecular complexity index is 1100. The molecule has 0 saturated heterocycles. The van der Waals surface area contributed by atoms with Crippen molar-refractivity contribution in [2.45, 2.75) is 66.2 Å². The number of ether oxygens (including phenoxy) is 2. The Labute approximate surface area is 212 Å². The van der Waals surface area contributed by atoms with E-state index in [1.807, 2.05) is 38.1 Å². The van der Waals surface area contributed by atoms with Crippen LogP contribution in [0.15, 0.2) is 99.6 Å². The molecule has 0 radical (unpaired) electrons. The molecule has 4 heteroatoms. The molecular weight excluding hydrogens is 452 g/mol. The van der Waals surface area contributed by atoms with E-state index in [0.29, 0.717) is 11.7 Å². The minimum atomic E-state index is -0.818. The lowest BCUT2D eigenvalue weighted by Gasteiger charge is -2.20. The van der Waals surface area contributed by atoms with Crippen LogP contribution in [-0.4, -0.2) is 18.2 Å². The fourth-order valence-corrected chi connectivity index (χ4v) is 6.28. The van der Waals surface area contributed by atoms with Gasteiger partial charge in [0.2, 0.25) is 0 Å². The van der Waals surface area contributed by atoms with E-state index in [9.17, 15) is 4.79 Å². The summed E-state index contributed by atoms with van der Waals surface area (Å²) in [5.74, 6) is 7.13. The van der Waals surface area contributed by atoms with Crippen LogP contribution in [0.3, 0.4) is 0 Å². The topological polar surface area (TPSA) is 35.5 Å². The van der Waals surface area contributed by atoms with E-state index in [1.165, 1.54) is 33.9 Å². The van der Waals surface area contributed by atoms with Gasteiger partial charge in [-0.15, -0.1) is 0 Å². The number of benzene rings is 3. The Morgan fingerprint density at radius 1 is 0.829 bits per heavy atom. The summed E-state index contributed by atoms with van der Waals surface area (Å²) in [6.07, 6.45) is 6.07. The summed E-state index contributed by atoms with van der Waals surface area (Å²) in [6.45, 7) is 3.53. The number of esters is 1. The van der Waals surface area contributed by atoms with E-state index < -0.39 is 11.6 Å². The molecule has 0 atom stereocenters. The third-order valence-corrected chi connectivity index (χ3v) is 8.16. The van der Waals surface area contributed by atoms with Crippen LogP contribution in [-0.2, 0) is 20.4 Å². The van der Waals surface area contributed by atoms with Gasteiger partial charge >= 0.3 is 5.97 Å². The summed E-state index contributed by atoms with van der Waals surface area (Å²) in [5, 5.41) is 0. The molecule has 3 aromatic carbocycles. The van der Waals surface area contributed by atoms with Crippen LogP contribution in [0.2, 0.25) is 0 Å². The van der Waals surface area contributed by atoms with Gasteiger partial charge in [0.1, 0.15) is 5.75 Å². The molecule has 1 fully saturated rings. The Morgan fingerprint density at radius 3 is 1.94 bits per heavy atom. The molecule has 0 aromatic heterocycles. The Morgan fingerprint density at radius 2 is 1.37 bits per heavy atom. The van der Waals surface area contributed by atoms with Gasteiger partial charge in [-0.25, -0.2) is 4.79 Å². The van der Waals surface area contributed by atoms with Crippen LogP contribution >= 0.6 is 0 Å². The highest BCUT2D eigenvalue weighted by Gasteiger charge is 2.28. The predicted molar refractivity (Wildman–Crippen MR) is 142 cm³/mol. The summed E-state index contributed by atoms with van der Waals surface area (Å²) in [7, 11) is -0.216. The molecule has 180 valence electrons. The first kappa shape index (κ1) is 24.9. The van der Waals surface area contributed by atoms with Crippen LogP contribution in [0.4, 0.5) is 0 Å². The summed E-state index contributed by atoms with van der Waals surface area (Å²) in [4.78, 5) is 16.1.